The molecule has 1 nitrogen and oxygen atoms in total. The molecule has 0 amide bonds. The lowest BCUT2D eigenvalue weighted by Crippen LogP contribution is -2.37. The Bertz CT molecular complexity index is 353. The molecule has 76 valence electrons. The summed E-state index contributed by atoms with van der Waals surface area (Å²) in [5.74, 6) is 0.173. The van der Waals surface area contributed by atoms with Gasteiger partial charge in [-0.25, -0.2) is 4.39 Å². The van der Waals surface area contributed by atoms with Gasteiger partial charge in [0.25, 0.3) is 0 Å². The van der Waals surface area contributed by atoms with Crippen molar-refractivity contribution in [2.45, 2.75) is 25.4 Å². The van der Waals surface area contributed by atoms with Crippen molar-refractivity contribution in [1.29, 1.82) is 0 Å². The van der Waals surface area contributed by atoms with Gasteiger partial charge < -0.3 is 5.11 Å². The van der Waals surface area contributed by atoms with E-state index in [0.29, 0.717) is 6.42 Å². The van der Waals surface area contributed by atoms with Crippen LogP contribution in [-0.4, -0.2) is 11.2 Å². The lowest BCUT2D eigenvalue weighted by atomic mass is 9.68. The van der Waals surface area contributed by atoms with Crippen LogP contribution < -0.4 is 0 Å². The number of aliphatic hydroxyl groups is 1. The predicted molar refractivity (Wildman–Crippen MR) is 56.6 cm³/mol. The van der Waals surface area contributed by atoms with Crippen LogP contribution in [0, 0.1) is 11.7 Å². The number of aliphatic hydroxyl groups excluding tert-OH is 1. The fraction of sp³-hybridized carbons (Fsp3) is 0.455. The van der Waals surface area contributed by atoms with E-state index in [0.717, 1.165) is 10.0 Å². The molecule has 14 heavy (non-hydrogen) atoms. The molecular weight excluding hydrogens is 247 g/mol. The van der Waals surface area contributed by atoms with Gasteiger partial charge in [-0.1, -0.05) is 28.9 Å². The summed E-state index contributed by atoms with van der Waals surface area (Å²) in [6.45, 7) is 1.96. The maximum absolute atomic E-state index is 13.5. The molecule has 0 radical (unpaired) electrons. The standard InChI is InChI=1S/C11H12BrFO/c1-6-9(5-11(6)14)8-3-2-7(12)4-10(8)13/h2-4,6,9,11,14H,5H2,1H3. The largest absolute Gasteiger partial charge is 0.393 e. The molecular formula is C11H12BrFO. The van der Waals surface area contributed by atoms with Gasteiger partial charge in [0.05, 0.1) is 6.10 Å². The number of hydrogen-bond acceptors (Lipinski definition) is 1. The van der Waals surface area contributed by atoms with Crippen molar-refractivity contribution in [3.8, 4) is 0 Å². The second kappa shape index (κ2) is 3.63. The van der Waals surface area contributed by atoms with Crippen molar-refractivity contribution >= 4 is 15.9 Å². The van der Waals surface area contributed by atoms with Crippen molar-refractivity contribution in [2.24, 2.45) is 5.92 Å². The van der Waals surface area contributed by atoms with Crippen molar-refractivity contribution < 1.29 is 9.50 Å². The van der Waals surface area contributed by atoms with Crippen LogP contribution in [-0.2, 0) is 0 Å². The molecule has 0 bridgehead atoms. The lowest BCUT2D eigenvalue weighted by molar-refractivity contribution is 0.0106. The second-order valence-electron chi connectivity index (χ2n) is 3.93. The Morgan fingerprint density at radius 2 is 2.21 bits per heavy atom. The zero-order chi connectivity index (χ0) is 10.3. The molecule has 0 spiro atoms. The third-order valence-electron chi connectivity index (χ3n) is 3.10. The Kier molecular flexibility index (Phi) is 2.62. The summed E-state index contributed by atoms with van der Waals surface area (Å²) >= 11 is 3.22. The van der Waals surface area contributed by atoms with E-state index in [2.05, 4.69) is 15.9 Å². The summed E-state index contributed by atoms with van der Waals surface area (Å²) in [6, 6.07) is 5.12. The highest BCUT2D eigenvalue weighted by molar-refractivity contribution is 9.10. The third kappa shape index (κ3) is 1.59. The van der Waals surface area contributed by atoms with Crippen LogP contribution >= 0.6 is 15.9 Å². The molecule has 1 aliphatic rings. The third-order valence-corrected chi connectivity index (χ3v) is 3.59. The average molecular weight is 259 g/mol. The van der Waals surface area contributed by atoms with E-state index in [1.165, 1.54) is 6.07 Å². The van der Waals surface area contributed by atoms with Crippen molar-refractivity contribution in [1.82, 2.24) is 0 Å². The molecule has 1 fully saturated rings. The second-order valence-corrected chi connectivity index (χ2v) is 4.85. The van der Waals surface area contributed by atoms with Gasteiger partial charge in [0, 0.05) is 4.47 Å². The van der Waals surface area contributed by atoms with Crippen molar-refractivity contribution in [3.05, 3.63) is 34.1 Å². The highest BCUT2D eigenvalue weighted by Gasteiger charge is 2.38. The van der Waals surface area contributed by atoms with Gasteiger partial charge in [0.2, 0.25) is 0 Å². The van der Waals surface area contributed by atoms with E-state index in [9.17, 15) is 9.50 Å². The SMILES string of the molecule is CC1C(O)CC1c1ccc(Br)cc1F. The normalized spacial score (nSPS) is 31.3. The first-order chi connectivity index (χ1) is 6.59. The van der Waals surface area contributed by atoms with E-state index in [1.807, 2.05) is 13.0 Å². The number of halogens is 2. The highest BCUT2D eigenvalue weighted by Crippen LogP contribution is 2.43. The summed E-state index contributed by atoms with van der Waals surface area (Å²) in [4.78, 5) is 0. The Labute approximate surface area is 91.1 Å². The summed E-state index contributed by atoms with van der Waals surface area (Å²) in [6.07, 6.45) is 0.419. The minimum absolute atomic E-state index is 0.172. The number of hydrogen-bond donors (Lipinski definition) is 1. The van der Waals surface area contributed by atoms with Gasteiger partial charge in [0.15, 0.2) is 0 Å². The average Bonchev–Trinajstić information content (AvgIpc) is 2.15. The molecule has 1 aliphatic carbocycles. The fourth-order valence-corrected chi connectivity index (χ4v) is 2.31. The molecule has 3 heteroatoms. The van der Waals surface area contributed by atoms with E-state index in [4.69, 9.17) is 0 Å². The van der Waals surface area contributed by atoms with Gasteiger partial charge in [-0.2, -0.15) is 0 Å². The molecule has 1 aromatic carbocycles. The molecule has 1 saturated carbocycles. The molecule has 0 aliphatic heterocycles. The zero-order valence-corrected chi connectivity index (χ0v) is 9.46. The smallest absolute Gasteiger partial charge is 0.127 e. The summed E-state index contributed by atoms with van der Waals surface area (Å²) in [5.41, 5.74) is 0.728. The first-order valence-corrected chi connectivity index (χ1v) is 5.52. The van der Waals surface area contributed by atoms with E-state index in [1.54, 1.807) is 6.07 Å². The molecule has 1 aromatic rings. The first-order valence-electron chi connectivity index (χ1n) is 4.72. The van der Waals surface area contributed by atoms with Crippen LogP contribution in [0.25, 0.3) is 0 Å². The summed E-state index contributed by atoms with van der Waals surface area (Å²) < 4.78 is 14.3. The zero-order valence-electron chi connectivity index (χ0n) is 7.87. The number of benzene rings is 1. The van der Waals surface area contributed by atoms with Gasteiger partial charge in [0.1, 0.15) is 5.82 Å². The minimum atomic E-state index is -0.261. The van der Waals surface area contributed by atoms with Gasteiger partial charge in [-0.3, -0.25) is 0 Å². The van der Waals surface area contributed by atoms with Gasteiger partial charge >= 0.3 is 0 Å². The summed E-state index contributed by atoms with van der Waals surface area (Å²) in [5, 5.41) is 9.36. The van der Waals surface area contributed by atoms with Crippen LogP contribution in [0.1, 0.15) is 24.8 Å². The van der Waals surface area contributed by atoms with Crippen LogP contribution in [0.4, 0.5) is 4.39 Å². The maximum Gasteiger partial charge on any atom is 0.127 e. The van der Waals surface area contributed by atoms with Gasteiger partial charge in [-0.15, -0.1) is 0 Å². The first kappa shape index (κ1) is 10.1. The lowest BCUT2D eigenvalue weighted by Gasteiger charge is -2.39. The monoisotopic (exact) mass is 258 g/mol. The molecule has 0 saturated heterocycles. The fourth-order valence-electron chi connectivity index (χ4n) is 1.97. The molecule has 0 heterocycles. The van der Waals surface area contributed by atoms with E-state index >= 15 is 0 Å². The molecule has 1 N–H and O–H groups in total. The Hall–Kier alpha value is -0.410. The Morgan fingerprint density at radius 1 is 1.50 bits per heavy atom. The summed E-state index contributed by atoms with van der Waals surface area (Å²) in [7, 11) is 0. The minimum Gasteiger partial charge on any atom is -0.393 e. The van der Waals surface area contributed by atoms with Crippen LogP contribution in [0.5, 0.6) is 0 Å². The van der Waals surface area contributed by atoms with Crippen molar-refractivity contribution in [2.75, 3.05) is 0 Å². The Balaban J connectivity index is 2.25. The van der Waals surface area contributed by atoms with Crippen LogP contribution in [0.15, 0.2) is 22.7 Å². The molecule has 3 unspecified atom stereocenters. The highest BCUT2D eigenvalue weighted by atomic mass is 79.9. The topological polar surface area (TPSA) is 20.2 Å². The molecule has 0 aromatic heterocycles. The van der Waals surface area contributed by atoms with E-state index in [-0.39, 0.29) is 23.8 Å². The van der Waals surface area contributed by atoms with E-state index < -0.39 is 0 Å². The van der Waals surface area contributed by atoms with Crippen LogP contribution in [0.3, 0.4) is 0 Å². The Morgan fingerprint density at radius 3 is 2.71 bits per heavy atom. The van der Waals surface area contributed by atoms with Gasteiger partial charge in [-0.05, 0) is 36.0 Å². The predicted octanol–water partition coefficient (Wildman–Crippen LogP) is 3.07. The van der Waals surface area contributed by atoms with Crippen molar-refractivity contribution in [3.63, 3.8) is 0 Å². The number of rotatable bonds is 1. The maximum atomic E-state index is 13.5. The quantitative estimate of drug-likeness (QED) is 0.821. The van der Waals surface area contributed by atoms with Crippen LogP contribution in [0.2, 0.25) is 0 Å². The molecule has 3 atom stereocenters. The molecule has 2 rings (SSSR count).